The van der Waals surface area contributed by atoms with Crippen molar-refractivity contribution in [3.05, 3.63) is 0 Å². The molecule has 0 amide bonds. The predicted octanol–water partition coefficient (Wildman–Crippen LogP) is 0.623. The monoisotopic (exact) mass is 213 g/mol. The molecule has 13 heavy (non-hydrogen) atoms. The Morgan fingerprint density at radius 2 is 1.85 bits per heavy atom. The Bertz CT molecular complexity index is 247. The molecule has 0 saturated carbocycles. The van der Waals surface area contributed by atoms with Crippen molar-refractivity contribution in [1.29, 1.82) is 0 Å². The first-order chi connectivity index (χ1) is 6.02. The van der Waals surface area contributed by atoms with Crippen molar-refractivity contribution >= 4 is 9.84 Å². The lowest BCUT2D eigenvalue weighted by atomic mass is 10.0. The zero-order valence-corrected chi connectivity index (χ0v) is 7.99. The fraction of sp³-hybridized carbons (Fsp3) is 1.00. The Balaban J connectivity index is 2.47. The number of piperidine rings is 1. The lowest BCUT2D eigenvalue weighted by molar-refractivity contribution is 0.232. The van der Waals surface area contributed by atoms with Gasteiger partial charge in [0.05, 0.1) is 5.75 Å². The van der Waals surface area contributed by atoms with Gasteiger partial charge in [0, 0.05) is 0 Å². The molecule has 1 fully saturated rings. The molecule has 1 aliphatic heterocycles. The zero-order chi connectivity index (χ0) is 9.90. The van der Waals surface area contributed by atoms with E-state index in [1.807, 2.05) is 0 Å². The third-order valence-electron chi connectivity index (χ3n) is 2.20. The van der Waals surface area contributed by atoms with Gasteiger partial charge in [-0.3, -0.25) is 0 Å². The highest BCUT2D eigenvalue weighted by atomic mass is 32.2. The minimum Gasteiger partial charge on any atom is -0.317 e. The van der Waals surface area contributed by atoms with Crippen LogP contribution in [0.4, 0.5) is 8.78 Å². The van der Waals surface area contributed by atoms with Crippen LogP contribution in [0, 0.1) is 5.92 Å². The molecule has 3 nitrogen and oxygen atoms in total. The predicted molar refractivity (Wildman–Crippen MR) is 45.4 cm³/mol. The van der Waals surface area contributed by atoms with Gasteiger partial charge in [-0.2, -0.15) is 8.78 Å². The van der Waals surface area contributed by atoms with Crippen LogP contribution in [0.1, 0.15) is 12.8 Å². The summed E-state index contributed by atoms with van der Waals surface area (Å²) < 4.78 is 45.6. The van der Waals surface area contributed by atoms with Crippen LogP contribution < -0.4 is 5.32 Å². The Morgan fingerprint density at radius 1 is 1.31 bits per heavy atom. The molecule has 78 valence electrons. The standard InChI is InChI=1S/C7H13F2NO2S/c8-7(9)13(11,12)5-6-1-3-10-4-2-6/h6-7,10H,1-5H2. The second-order valence-electron chi connectivity index (χ2n) is 3.28. The van der Waals surface area contributed by atoms with Crippen molar-refractivity contribution in [1.82, 2.24) is 5.32 Å². The largest absolute Gasteiger partial charge is 0.336 e. The second-order valence-corrected chi connectivity index (χ2v) is 5.30. The lowest BCUT2D eigenvalue weighted by Crippen LogP contribution is -2.32. The van der Waals surface area contributed by atoms with Crippen LogP contribution in [0.25, 0.3) is 0 Å². The molecule has 0 aliphatic carbocycles. The molecular weight excluding hydrogens is 200 g/mol. The normalized spacial score (nSPS) is 20.8. The van der Waals surface area contributed by atoms with Gasteiger partial charge >= 0.3 is 5.76 Å². The topological polar surface area (TPSA) is 46.2 Å². The summed E-state index contributed by atoms with van der Waals surface area (Å²) in [7, 11) is -4.16. The lowest BCUT2D eigenvalue weighted by Gasteiger charge is -2.21. The van der Waals surface area contributed by atoms with Gasteiger partial charge in [-0.25, -0.2) is 8.42 Å². The highest BCUT2D eigenvalue weighted by Gasteiger charge is 2.28. The van der Waals surface area contributed by atoms with Gasteiger partial charge < -0.3 is 5.32 Å². The van der Waals surface area contributed by atoms with Crippen molar-refractivity contribution in [2.75, 3.05) is 18.8 Å². The van der Waals surface area contributed by atoms with Crippen LogP contribution in [0.3, 0.4) is 0 Å². The summed E-state index contributed by atoms with van der Waals surface area (Å²) >= 11 is 0. The van der Waals surface area contributed by atoms with E-state index >= 15 is 0 Å². The third kappa shape index (κ3) is 3.19. The SMILES string of the molecule is O=S(=O)(CC1CCNCC1)C(F)F. The minimum atomic E-state index is -4.16. The molecular formula is C7H13F2NO2S. The van der Waals surface area contributed by atoms with Gasteiger partial charge in [-0.05, 0) is 31.8 Å². The van der Waals surface area contributed by atoms with Crippen LogP contribution in [-0.2, 0) is 9.84 Å². The van der Waals surface area contributed by atoms with Crippen LogP contribution in [-0.4, -0.2) is 33.0 Å². The average molecular weight is 213 g/mol. The first kappa shape index (κ1) is 10.8. The van der Waals surface area contributed by atoms with Gasteiger partial charge in [0.2, 0.25) is 9.84 Å². The summed E-state index contributed by atoms with van der Waals surface area (Å²) in [5.41, 5.74) is 0. The van der Waals surface area contributed by atoms with Crippen LogP contribution in [0.5, 0.6) is 0 Å². The van der Waals surface area contributed by atoms with Gasteiger partial charge in [0.15, 0.2) is 0 Å². The summed E-state index contributed by atoms with van der Waals surface area (Å²) in [6.07, 6.45) is 1.35. The Morgan fingerprint density at radius 3 is 2.31 bits per heavy atom. The highest BCUT2D eigenvalue weighted by Crippen LogP contribution is 2.17. The number of sulfone groups is 1. The van der Waals surface area contributed by atoms with Crippen molar-refractivity contribution in [3.63, 3.8) is 0 Å². The highest BCUT2D eigenvalue weighted by molar-refractivity contribution is 7.91. The maximum absolute atomic E-state index is 12.0. The van der Waals surface area contributed by atoms with E-state index in [0.717, 1.165) is 13.1 Å². The maximum atomic E-state index is 12.0. The van der Waals surface area contributed by atoms with E-state index in [2.05, 4.69) is 5.32 Å². The number of alkyl halides is 2. The number of hydrogen-bond donors (Lipinski definition) is 1. The van der Waals surface area contributed by atoms with Gasteiger partial charge in [-0.1, -0.05) is 0 Å². The third-order valence-corrected chi connectivity index (χ3v) is 3.68. The number of nitrogens with one attached hydrogen (secondary N) is 1. The van der Waals surface area contributed by atoms with Crippen LogP contribution >= 0.6 is 0 Å². The molecule has 0 unspecified atom stereocenters. The Hall–Kier alpha value is -0.230. The average Bonchev–Trinajstić information content (AvgIpc) is 2.05. The molecule has 1 N–H and O–H groups in total. The van der Waals surface area contributed by atoms with E-state index in [9.17, 15) is 17.2 Å². The number of halogens is 2. The smallest absolute Gasteiger partial charge is 0.317 e. The van der Waals surface area contributed by atoms with Gasteiger partial charge in [0.25, 0.3) is 0 Å². The molecule has 0 aromatic rings. The van der Waals surface area contributed by atoms with E-state index in [1.54, 1.807) is 0 Å². The summed E-state index contributed by atoms with van der Waals surface area (Å²) in [5, 5.41) is 3.05. The van der Waals surface area contributed by atoms with E-state index in [0.29, 0.717) is 12.8 Å². The maximum Gasteiger partial charge on any atom is 0.336 e. The van der Waals surface area contributed by atoms with Crippen molar-refractivity contribution in [2.45, 2.75) is 18.6 Å². The Labute approximate surface area is 76.4 Å². The van der Waals surface area contributed by atoms with Gasteiger partial charge in [0.1, 0.15) is 0 Å². The summed E-state index contributed by atoms with van der Waals surface area (Å²) in [6.45, 7) is 1.45. The van der Waals surface area contributed by atoms with E-state index in [-0.39, 0.29) is 11.7 Å². The van der Waals surface area contributed by atoms with Crippen molar-refractivity contribution in [2.24, 2.45) is 5.92 Å². The molecule has 1 rings (SSSR count). The minimum absolute atomic E-state index is 0.0970. The second kappa shape index (κ2) is 4.32. The molecule has 0 aromatic heterocycles. The quantitative estimate of drug-likeness (QED) is 0.747. The van der Waals surface area contributed by atoms with Gasteiger partial charge in [-0.15, -0.1) is 0 Å². The molecule has 1 aliphatic rings. The fourth-order valence-corrected chi connectivity index (χ4v) is 2.59. The molecule has 6 heteroatoms. The Kier molecular flexibility index (Phi) is 3.61. The van der Waals surface area contributed by atoms with Crippen molar-refractivity contribution in [3.8, 4) is 0 Å². The van der Waals surface area contributed by atoms with E-state index in [4.69, 9.17) is 0 Å². The summed E-state index contributed by atoms with van der Waals surface area (Å²) in [6, 6.07) is 0. The molecule has 0 atom stereocenters. The first-order valence-corrected chi connectivity index (χ1v) is 5.94. The molecule has 0 radical (unpaired) electrons. The number of hydrogen-bond acceptors (Lipinski definition) is 3. The number of rotatable bonds is 3. The van der Waals surface area contributed by atoms with Crippen LogP contribution in [0.15, 0.2) is 0 Å². The fourth-order valence-electron chi connectivity index (χ4n) is 1.45. The molecule has 0 aromatic carbocycles. The van der Waals surface area contributed by atoms with Crippen LogP contribution in [0.2, 0.25) is 0 Å². The first-order valence-electron chi connectivity index (χ1n) is 4.23. The molecule has 0 bridgehead atoms. The summed E-state index contributed by atoms with van der Waals surface area (Å²) in [5.74, 6) is -3.69. The van der Waals surface area contributed by atoms with E-state index < -0.39 is 15.6 Å². The van der Waals surface area contributed by atoms with E-state index in [1.165, 1.54) is 0 Å². The van der Waals surface area contributed by atoms with Crippen molar-refractivity contribution < 1.29 is 17.2 Å². The molecule has 0 spiro atoms. The molecule has 1 saturated heterocycles. The molecule has 1 heterocycles. The zero-order valence-electron chi connectivity index (χ0n) is 7.17. The summed E-state index contributed by atoms with van der Waals surface area (Å²) in [4.78, 5) is 0.